The van der Waals surface area contributed by atoms with E-state index in [1.54, 1.807) is 18.7 Å². The molecule has 3 aromatic heterocycles. The third-order valence-electron chi connectivity index (χ3n) is 2.63. The normalized spacial score (nSPS) is 10.9. The first-order valence-corrected chi connectivity index (χ1v) is 5.63. The van der Waals surface area contributed by atoms with Crippen molar-refractivity contribution in [3.63, 3.8) is 0 Å². The molecule has 0 radical (unpaired) electrons. The van der Waals surface area contributed by atoms with Gasteiger partial charge in [0.05, 0.1) is 17.9 Å². The van der Waals surface area contributed by atoms with Crippen molar-refractivity contribution < 1.29 is 0 Å². The third-order valence-corrected chi connectivity index (χ3v) is 2.97. The lowest BCUT2D eigenvalue weighted by molar-refractivity contribution is 0.811. The number of pyridine rings is 1. The quantitative estimate of drug-likeness (QED) is 0.755. The molecule has 0 fully saturated rings. The van der Waals surface area contributed by atoms with Crippen LogP contribution < -0.4 is 5.73 Å². The highest BCUT2D eigenvalue weighted by Crippen LogP contribution is 2.19. The van der Waals surface area contributed by atoms with Crippen molar-refractivity contribution in [2.45, 2.75) is 6.54 Å². The average Bonchev–Trinajstić information content (AvgIpc) is 2.77. The second-order valence-electron chi connectivity index (χ2n) is 3.77. The van der Waals surface area contributed by atoms with Crippen LogP contribution in [0.3, 0.4) is 0 Å². The first-order chi connectivity index (χ1) is 8.75. The van der Waals surface area contributed by atoms with Crippen molar-refractivity contribution >= 4 is 28.6 Å². The van der Waals surface area contributed by atoms with Crippen molar-refractivity contribution in [1.82, 2.24) is 24.5 Å². The van der Waals surface area contributed by atoms with E-state index in [9.17, 15) is 0 Å². The van der Waals surface area contributed by atoms with Crippen LogP contribution in [0.4, 0.5) is 5.82 Å². The maximum absolute atomic E-state index is 6.07. The molecule has 0 amide bonds. The van der Waals surface area contributed by atoms with E-state index < -0.39 is 0 Å². The van der Waals surface area contributed by atoms with Gasteiger partial charge in [0.1, 0.15) is 11.8 Å². The van der Waals surface area contributed by atoms with Crippen molar-refractivity contribution in [1.29, 1.82) is 0 Å². The van der Waals surface area contributed by atoms with Crippen LogP contribution in [0.2, 0.25) is 5.02 Å². The van der Waals surface area contributed by atoms with Crippen LogP contribution in [0.5, 0.6) is 0 Å². The monoisotopic (exact) mass is 260 g/mol. The molecule has 7 heteroatoms. The lowest BCUT2D eigenvalue weighted by atomic mass is 10.2. The fourth-order valence-corrected chi connectivity index (χ4v) is 1.91. The molecule has 0 aromatic carbocycles. The minimum Gasteiger partial charge on any atom is -0.382 e. The fourth-order valence-electron chi connectivity index (χ4n) is 1.73. The van der Waals surface area contributed by atoms with Gasteiger partial charge in [-0.1, -0.05) is 11.6 Å². The summed E-state index contributed by atoms with van der Waals surface area (Å²) >= 11 is 6.07. The summed E-state index contributed by atoms with van der Waals surface area (Å²) in [6, 6.07) is 1.86. The zero-order valence-corrected chi connectivity index (χ0v) is 10.0. The Kier molecular flexibility index (Phi) is 2.56. The number of halogens is 1. The summed E-state index contributed by atoms with van der Waals surface area (Å²) in [5.41, 5.74) is 7.97. The SMILES string of the molecule is Nc1ncnc2c1ncn2Cc1ccncc1Cl. The molecular formula is C11H9ClN6. The van der Waals surface area contributed by atoms with Gasteiger partial charge >= 0.3 is 0 Å². The average molecular weight is 261 g/mol. The fraction of sp³-hybridized carbons (Fsp3) is 0.0909. The maximum atomic E-state index is 6.07. The van der Waals surface area contributed by atoms with Gasteiger partial charge in [0.25, 0.3) is 0 Å². The zero-order chi connectivity index (χ0) is 12.5. The van der Waals surface area contributed by atoms with Gasteiger partial charge in [0, 0.05) is 12.4 Å². The van der Waals surface area contributed by atoms with Crippen LogP contribution in [-0.4, -0.2) is 24.5 Å². The van der Waals surface area contributed by atoms with Gasteiger partial charge in [0.2, 0.25) is 0 Å². The van der Waals surface area contributed by atoms with Gasteiger partial charge < -0.3 is 10.3 Å². The molecule has 3 aromatic rings. The Hall–Kier alpha value is -2.21. The van der Waals surface area contributed by atoms with Gasteiger partial charge in [0.15, 0.2) is 11.5 Å². The molecule has 3 rings (SSSR count). The largest absolute Gasteiger partial charge is 0.382 e. The van der Waals surface area contributed by atoms with Crippen molar-refractivity contribution in [2.24, 2.45) is 0 Å². The Morgan fingerprint density at radius 3 is 3.00 bits per heavy atom. The highest BCUT2D eigenvalue weighted by molar-refractivity contribution is 6.31. The van der Waals surface area contributed by atoms with E-state index in [-0.39, 0.29) is 0 Å². The van der Waals surface area contributed by atoms with Gasteiger partial charge in [-0.2, -0.15) is 0 Å². The first-order valence-electron chi connectivity index (χ1n) is 5.25. The van der Waals surface area contributed by atoms with Crippen LogP contribution in [0.15, 0.2) is 31.1 Å². The number of anilines is 1. The molecule has 0 saturated heterocycles. The Bertz CT molecular complexity index is 708. The molecule has 18 heavy (non-hydrogen) atoms. The van der Waals surface area contributed by atoms with E-state index in [1.807, 2.05) is 10.6 Å². The lowest BCUT2D eigenvalue weighted by Gasteiger charge is -2.05. The molecule has 6 nitrogen and oxygen atoms in total. The maximum Gasteiger partial charge on any atom is 0.165 e. The van der Waals surface area contributed by atoms with Gasteiger partial charge in [-0.25, -0.2) is 15.0 Å². The Morgan fingerprint density at radius 2 is 2.17 bits per heavy atom. The van der Waals surface area contributed by atoms with Crippen LogP contribution in [0.1, 0.15) is 5.56 Å². The van der Waals surface area contributed by atoms with Crippen molar-refractivity contribution in [2.75, 3.05) is 5.73 Å². The number of nitrogens with zero attached hydrogens (tertiary/aromatic N) is 5. The second-order valence-corrected chi connectivity index (χ2v) is 4.18. The van der Waals surface area contributed by atoms with E-state index in [0.717, 1.165) is 5.56 Å². The predicted molar refractivity (Wildman–Crippen MR) is 68.1 cm³/mol. The van der Waals surface area contributed by atoms with Gasteiger partial charge in [-0.3, -0.25) is 4.98 Å². The smallest absolute Gasteiger partial charge is 0.165 e. The summed E-state index contributed by atoms with van der Waals surface area (Å²) in [4.78, 5) is 16.2. The Labute approximate surface area is 107 Å². The van der Waals surface area contributed by atoms with E-state index >= 15 is 0 Å². The standard InChI is InChI=1S/C11H9ClN6/c12-8-3-14-2-1-7(8)4-18-6-17-9-10(13)15-5-16-11(9)18/h1-3,5-6H,4H2,(H2,13,15,16). The highest BCUT2D eigenvalue weighted by Gasteiger charge is 2.09. The molecule has 0 spiro atoms. The molecule has 0 unspecified atom stereocenters. The summed E-state index contributed by atoms with van der Waals surface area (Å²) in [6.45, 7) is 0.564. The number of nitrogens with two attached hydrogens (primary N) is 1. The Balaban J connectivity index is 2.06. The molecule has 3 heterocycles. The molecule has 2 N–H and O–H groups in total. The number of aromatic nitrogens is 5. The van der Waals surface area contributed by atoms with E-state index in [2.05, 4.69) is 19.9 Å². The number of hydrogen-bond donors (Lipinski definition) is 1. The Morgan fingerprint density at radius 1 is 1.28 bits per heavy atom. The van der Waals surface area contributed by atoms with Crippen LogP contribution in [0, 0.1) is 0 Å². The first kappa shape index (κ1) is 10.9. The zero-order valence-electron chi connectivity index (χ0n) is 9.29. The molecular weight excluding hydrogens is 252 g/mol. The summed E-state index contributed by atoms with van der Waals surface area (Å²) in [5.74, 6) is 0.375. The molecule has 0 aliphatic carbocycles. The van der Waals surface area contributed by atoms with Gasteiger partial charge in [-0.05, 0) is 11.6 Å². The summed E-state index contributed by atoms with van der Waals surface area (Å²) in [7, 11) is 0. The molecule has 0 saturated carbocycles. The van der Waals surface area contributed by atoms with Gasteiger partial charge in [-0.15, -0.1) is 0 Å². The predicted octanol–water partition coefficient (Wildman–Crippen LogP) is 1.51. The summed E-state index contributed by atoms with van der Waals surface area (Å²) < 4.78 is 1.87. The molecule has 0 aliphatic heterocycles. The summed E-state index contributed by atoms with van der Waals surface area (Å²) in [5, 5.41) is 0.612. The number of fused-ring (bicyclic) bond motifs is 1. The second kappa shape index (κ2) is 4.23. The lowest BCUT2D eigenvalue weighted by Crippen LogP contribution is -2.01. The number of imidazole rings is 1. The van der Waals surface area contributed by atoms with Crippen molar-refractivity contribution in [3.8, 4) is 0 Å². The van der Waals surface area contributed by atoms with E-state index in [0.29, 0.717) is 28.5 Å². The number of hydrogen-bond acceptors (Lipinski definition) is 5. The number of rotatable bonds is 2. The molecule has 0 bridgehead atoms. The minimum absolute atomic E-state index is 0.375. The van der Waals surface area contributed by atoms with Crippen LogP contribution in [0.25, 0.3) is 11.2 Å². The minimum atomic E-state index is 0.375. The topological polar surface area (TPSA) is 82.5 Å². The number of nitrogen functional groups attached to an aromatic ring is 1. The van der Waals surface area contributed by atoms with Crippen LogP contribution >= 0.6 is 11.6 Å². The molecule has 0 atom stereocenters. The van der Waals surface area contributed by atoms with E-state index in [4.69, 9.17) is 17.3 Å². The summed E-state index contributed by atoms with van der Waals surface area (Å²) in [6.07, 6.45) is 6.40. The molecule has 0 aliphatic rings. The molecule has 90 valence electrons. The van der Waals surface area contributed by atoms with Crippen molar-refractivity contribution in [3.05, 3.63) is 41.7 Å². The highest BCUT2D eigenvalue weighted by atomic mass is 35.5. The third kappa shape index (κ3) is 1.76. The van der Waals surface area contributed by atoms with Crippen LogP contribution in [-0.2, 0) is 6.54 Å². The van der Waals surface area contributed by atoms with E-state index in [1.165, 1.54) is 6.33 Å².